The molecule has 1 aliphatic rings. The van der Waals surface area contributed by atoms with Gasteiger partial charge in [-0.15, -0.1) is 0 Å². The Morgan fingerprint density at radius 2 is 1.81 bits per heavy atom. The molecule has 0 saturated heterocycles. The smallest absolute Gasteiger partial charge is 0.262 e. The van der Waals surface area contributed by atoms with E-state index in [0.717, 1.165) is 24.8 Å². The molecule has 0 bridgehead atoms. The molecule has 31 heavy (non-hydrogen) atoms. The molecule has 1 aliphatic heterocycles. The van der Waals surface area contributed by atoms with Gasteiger partial charge in [0.05, 0.1) is 11.4 Å². The van der Waals surface area contributed by atoms with Gasteiger partial charge in [0.15, 0.2) is 0 Å². The zero-order chi connectivity index (χ0) is 22.3. The molecule has 1 heterocycles. The van der Waals surface area contributed by atoms with Crippen LogP contribution in [0.4, 0.5) is 5.69 Å². The van der Waals surface area contributed by atoms with Gasteiger partial charge in [0.25, 0.3) is 10.0 Å². The number of aryl methyl sites for hydroxylation is 1. The summed E-state index contributed by atoms with van der Waals surface area (Å²) in [5, 5.41) is 6.01. The van der Waals surface area contributed by atoms with Crippen LogP contribution >= 0.6 is 0 Å². The number of amides is 1. The van der Waals surface area contributed by atoms with Gasteiger partial charge < -0.3 is 10.6 Å². The molecule has 2 aromatic rings. The Morgan fingerprint density at radius 3 is 2.55 bits per heavy atom. The van der Waals surface area contributed by atoms with Crippen molar-refractivity contribution in [3.05, 3.63) is 59.7 Å². The Bertz CT molecular complexity index is 1030. The van der Waals surface area contributed by atoms with E-state index in [0.29, 0.717) is 24.5 Å². The lowest BCUT2D eigenvalue weighted by Crippen LogP contribution is -2.31. The number of carbonyl (C=O) groups excluding carboxylic acids is 1. The van der Waals surface area contributed by atoms with Crippen LogP contribution in [0.5, 0.6) is 0 Å². The van der Waals surface area contributed by atoms with Gasteiger partial charge in [-0.1, -0.05) is 30.7 Å². The molecule has 1 unspecified atom stereocenters. The van der Waals surface area contributed by atoms with Crippen molar-refractivity contribution in [1.82, 2.24) is 10.0 Å². The van der Waals surface area contributed by atoms with Crippen molar-refractivity contribution in [3.8, 4) is 0 Å². The number of sulfonamides is 1. The zero-order valence-corrected chi connectivity index (χ0v) is 18.8. The van der Waals surface area contributed by atoms with Crippen molar-refractivity contribution < 1.29 is 13.2 Å². The second-order valence-corrected chi connectivity index (χ2v) is 9.46. The second kappa shape index (κ2) is 10.5. The van der Waals surface area contributed by atoms with Gasteiger partial charge in [-0.25, -0.2) is 8.42 Å². The number of nitrogens with one attached hydrogen (secondary N) is 3. The summed E-state index contributed by atoms with van der Waals surface area (Å²) in [7, 11) is -3.68. The van der Waals surface area contributed by atoms with Crippen LogP contribution in [0.15, 0.2) is 58.4 Å². The van der Waals surface area contributed by atoms with Gasteiger partial charge >= 0.3 is 0 Å². The Hall–Kier alpha value is -2.71. The Labute approximate surface area is 184 Å². The van der Waals surface area contributed by atoms with Crippen molar-refractivity contribution in [2.24, 2.45) is 4.99 Å². The van der Waals surface area contributed by atoms with E-state index < -0.39 is 10.0 Å². The molecular formula is C23H30N4O3S. The van der Waals surface area contributed by atoms with Crippen LogP contribution in [0.2, 0.25) is 0 Å². The van der Waals surface area contributed by atoms with E-state index in [2.05, 4.69) is 20.3 Å². The van der Waals surface area contributed by atoms with Gasteiger partial charge in [-0.3, -0.25) is 14.5 Å². The largest absolute Gasteiger partial charge is 0.325 e. The predicted molar refractivity (Wildman–Crippen MR) is 124 cm³/mol. The van der Waals surface area contributed by atoms with Crippen LogP contribution < -0.4 is 15.4 Å². The number of nitrogens with zero attached hydrogens (tertiary/aromatic N) is 1. The van der Waals surface area contributed by atoms with Gasteiger partial charge in [-0.05, 0) is 62.1 Å². The maximum atomic E-state index is 12.6. The van der Waals surface area contributed by atoms with Crippen molar-refractivity contribution in [3.63, 3.8) is 0 Å². The van der Waals surface area contributed by atoms with Gasteiger partial charge in [0.1, 0.15) is 5.84 Å². The summed E-state index contributed by atoms with van der Waals surface area (Å²) in [6.07, 6.45) is 3.62. The van der Waals surface area contributed by atoms with E-state index in [1.807, 2.05) is 38.1 Å². The Morgan fingerprint density at radius 1 is 1.06 bits per heavy atom. The molecular weight excluding hydrogens is 412 g/mol. The minimum Gasteiger partial charge on any atom is -0.325 e. The highest BCUT2D eigenvalue weighted by Gasteiger charge is 2.17. The van der Waals surface area contributed by atoms with Crippen LogP contribution in [0.1, 0.15) is 49.8 Å². The summed E-state index contributed by atoms with van der Waals surface area (Å²) < 4.78 is 27.8. The third-order valence-corrected chi connectivity index (χ3v) is 6.70. The van der Waals surface area contributed by atoms with Crippen LogP contribution in [-0.4, -0.2) is 33.3 Å². The SMILES string of the molecule is Cc1ccccc1C(C)NCC(=O)Nc1ccc(S(=O)(=O)NC2=NCCCCC2)cc1. The molecule has 0 saturated carbocycles. The average Bonchev–Trinajstić information content (AvgIpc) is 3.01. The predicted octanol–water partition coefficient (Wildman–Crippen LogP) is 3.54. The molecule has 0 spiro atoms. The first-order valence-electron chi connectivity index (χ1n) is 10.6. The molecule has 166 valence electrons. The minimum atomic E-state index is -3.68. The lowest BCUT2D eigenvalue weighted by atomic mass is 10.0. The fourth-order valence-corrected chi connectivity index (χ4v) is 4.61. The molecule has 8 heteroatoms. The molecule has 2 aromatic carbocycles. The Balaban J connectivity index is 1.54. The number of hydrogen-bond acceptors (Lipinski definition) is 5. The molecule has 1 amide bonds. The number of anilines is 1. The van der Waals surface area contributed by atoms with E-state index in [1.54, 1.807) is 12.1 Å². The number of carbonyl (C=O) groups is 1. The van der Waals surface area contributed by atoms with E-state index >= 15 is 0 Å². The lowest BCUT2D eigenvalue weighted by molar-refractivity contribution is -0.115. The summed E-state index contributed by atoms with van der Waals surface area (Å²) in [6.45, 7) is 4.86. The number of aliphatic imine (C=N–C) groups is 1. The van der Waals surface area contributed by atoms with Crippen LogP contribution in [-0.2, 0) is 14.8 Å². The van der Waals surface area contributed by atoms with Crippen molar-refractivity contribution in [1.29, 1.82) is 0 Å². The monoisotopic (exact) mass is 442 g/mol. The molecule has 3 rings (SSSR count). The van der Waals surface area contributed by atoms with Gasteiger partial charge in [0.2, 0.25) is 5.91 Å². The summed E-state index contributed by atoms with van der Waals surface area (Å²) in [6, 6.07) is 14.2. The first-order valence-corrected chi connectivity index (χ1v) is 12.1. The average molecular weight is 443 g/mol. The maximum absolute atomic E-state index is 12.6. The van der Waals surface area contributed by atoms with Crippen molar-refractivity contribution in [2.45, 2.75) is 50.5 Å². The summed E-state index contributed by atoms with van der Waals surface area (Å²) in [5.41, 5.74) is 2.86. The van der Waals surface area contributed by atoms with E-state index in [9.17, 15) is 13.2 Å². The molecule has 0 aromatic heterocycles. The first-order chi connectivity index (χ1) is 14.8. The van der Waals surface area contributed by atoms with Crippen molar-refractivity contribution in [2.75, 3.05) is 18.4 Å². The number of benzene rings is 2. The van der Waals surface area contributed by atoms with E-state index in [4.69, 9.17) is 0 Å². The summed E-state index contributed by atoms with van der Waals surface area (Å²) in [5.74, 6) is 0.325. The standard InChI is InChI=1S/C23H30N4O3S/c1-17-8-5-6-9-21(17)18(2)25-16-23(28)26-19-11-13-20(14-12-19)31(29,30)27-22-10-4-3-7-15-24-22/h5-6,8-9,11-14,18,25H,3-4,7,10,15-16H2,1-2H3,(H,24,27)(H,26,28). The third-order valence-electron chi connectivity index (χ3n) is 5.30. The topological polar surface area (TPSA) is 99.7 Å². The highest BCUT2D eigenvalue weighted by Crippen LogP contribution is 2.17. The van der Waals surface area contributed by atoms with Crippen LogP contribution in [0.3, 0.4) is 0 Å². The van der Waals surface area contributed by atoms with E-state index in [1.165, 1.54) is 17.7 Å². The van der Waals surface area contributed by atoms with Crippen LogP contribution in [0, 0.1) is 6.92 Å². The quantitative estimate of drug-likeness (QED) is 0.611. The zero-order valence-electron chi connectivity index (χ0n) is 18.0. The normalized spacial score (nSPS) is 15.5. The Kier molecular flexibility index (Phi) is 7.81. The first kappa shape index (κ1) is 23.0. The fourth-order valence-electron chi connectivity index (χ4n) is 3.52. The van der Waals surface area contributed by atoms with Crippen molar-refractivity contribution >= 4 is 27.5 Å². The second-order valence-electron chi connectivity index (χ2n) is 7.78. The summed E-state index contributed by atoms with van der Waals surface area (Å²) in [4.78, 5) is 16.7. The molecule has 0 aliphatic carbocycles. The highest BCUT2D eigenvalue weighted by molar-refractivity contribution is 7.90. The molecule has 0 fully saturated rings. The molecule has 7 nitrogen and oxygen atoms in total. The fraction of sp³-hybridized carbons (Fsp3) is 0.391. The molecule has 3 N–H and O–H groups in total. The maximum Gasteiger partial charge on any atom is 0.262 e. The lowest BCUT2D eigenvalue weighted by Gasteiger charge is -2.16. The third kappa shape index (κ3) is 6.63. The molecule has 0 radical (unpaired) electrons. The van der Waals surface area contributed by atoms with Gasteiger partial charge in [0, 0.05) is 24.7 Å². The molecule has 1 atom stereocenters. The summed E-state index contributed by atoms with van der Waals surface area (Å²) >= 11 is 0. The number of amidine groups is 1. The van der Waals surface area contributed by atoms with Crippen LogP contribution in [0.25, 0.3) is 0 Å². The van der Waals surface area contributed by atoms with E-state index in [-0.39, 0.29) is 23.4 Å². The minimum absolute atomic E-state index is 0.0393. The van der Waals surface area contributed by atoms with Gasteiger partial charge in [-0.2, -0.15) is 0 Å². The highest BCUT2D eigenvalue weighted by atomic mass is 32.2. The number of hydrogen-bond donors (Lipinski definition) is 3. The number of rotatable bonds is 7.